The summed E-state index contributed by atoms with van der Waals surface area (Å²) < 4.78 is 25.8. The van der Waals surface area contributed by atoms with Crippen molar-refractivity contribution >= 4 is 30.8 Å². The van der Waals surface area contributed by atoms with Gasteiger partial charge in [0, 0.05) is 19.6 Å². The zero-order valence-corrected chi connectivity index (χ0v) is 17.2. The smallest absolute Gasteiger partial charge is 0.308 e. The molecule has 3 fully saturated rings. The number of esters is 1. The van der Waals surface area contributed by atoms with Gasteiger partial charge in [0.1, 0.15) is 0 Å². The Morgan fingerprint density at radius 1 is 1.04 bits per heavy atom. The van der Waals surface area contributed by atoms with E-state index in [1.165, 1.54) is 12.8 Å². The van der Waals surface area contributed by atoms with Crippen LogP contribution in [0.5, 0.6) is 0 Å². The second-order valence-corrected chi connectivity index (χ2v) is 7.25. The Kier molecular flexibility index (Phi) is 10.7. The van der Waals surface area contributed by atoms with Gasteiger partial charge in [-0.05, 0) is 58.3 Å². The Morgan fingerprint density at radius 3 is 2.23 bits per heavy atom. The molecule has 1 aliphatic carbocycles. The lowest BCUT2D eigenvalue weighted by Gasteiger charge is -2.39. The standard InChI is InChI=1S/C18H31FN2O3.2ClH/c1-2-23-17(22)14-7-9-15(10-8-14)24-18(20-11-3-4-12-20)21-13-5-6-16(21)19;;/h14-16,18H,2-13H2,1H3;2*1H/t14-,15-,16?,18?;;. The van der Waals surface area contributed by atoms with Gasteiger partial charge in [0.2, 0.25) is 0 Å². The van der Waals surface area contributed by atoms with Gasteiger partial charge in [0.05, 0.1) is 18.6 Å². The Morgan fingerprint density at radius 2 is 1.69 bits per heavy atom. The molecule has 5 nitrogen and oxygen atoms in total. The van der Waals surface area contributed by atoms with Gasteiger partial charge in [-0.3, -0.25) is 9.69 Å². The third-order valence-corrected chi connectivity index (χ3v) is 5.56. The second-order valence-electron chi connectivity index (χ2n) is 7.25. The van der Waals surface area contributed by atoms with E-state index in [0.29, 0.717) is 13.0 Å². The number of hydrogen-bond donors (Lipinski definition) is 0. The van der Waals surface area contributed by atoms with Gasteiger partial charge >= 0.3 is 5.97 Å². The molecular formula is C18H33Cl2FN2O3. The molecular weight excluding hydrogens is 382 g/mol. The Hall–Kier alpha value is -0.140. The molecule has 2 atom stereocenters. The maximum absolute atomic E-state index is 14.3. The molecule has 1 saturated carbocycles. The van der Waals surface area contributed by atoms with Gasteiger partial charge in [-0.1, -0.05) is 0 Å². The van der Waals surface area contributed by atoms with E-state index in [4.69, 9.17) is 9.47 Å². The molecule has 0 aromatic rings. The number of rotatable bonds is 6. The second kappa shape index (κ2) is 11.6. The summed E-state index contributed by atoms with van der Waals surface area (Å²) in [7, 11) is 0. The van der Waals surface area contributed by atoms with Crippen molar-refractivity contribution in [3.63, 3.8) is 0 Å². The molecule has 0 spiro atoms. The van der Waals surface area contributed by atoms with Crippen LogP contribution in [-0.4, -0.2) is 60.8 Å². The first kappa shape index (κ1) is 23.9. The number of carbonyl (C=O) groups is 1. The van der Waals surface area contributed by atoms with Crippen LogP contribution in [0.3, 0.4) is 0 Å². The maximum atomic E-state index is 14.3. The van der Waals surface area contributed by atoms with Crippen LogP contribution in [0.2, 0.25) is 0 Å². The minimum Gasteiger partial charge on any atom is -0.466 e. The number of ether oxygens (including phenoxy) is 2. The van der Waals surface area contributed by atoms with Crippen LogP contribution in [0.25, 0.3) is 0 Å². The highest BCUT2D eigenvalue weighted by molar-refractivity contribution is 5.85. The molecule has 154 valence electrons. The number of carbonyl (C=O) groups excluding carboxylic acids is 1. The Balaban J connectivity index is 0.00000169. The van der Waals surface area contributed by atoms with E-state index in [1.54, 1.807) is 0 Å². The first-order valence-electron chi connectivity index (χ1n) is 9.65. The summed E-state index contributed by atoms with van der Waals surface area (Å²) in [6, 6.07) is 0. The minimum atomic E-state index is -0.883. The molecule has 2 heterocycles. The van der Waals surface area contributed by atoms with Crippen molar-refractivity contribution in [3.8, 4) is 0 Å². The van der Waals surface area contributed by atoms with Gasteiger partial charge in [0.25, 0.3) is 0 Å². The summed E-state index contributed by atoms with van der Waals surface area (Å²) in [4.78, 5) is 16.0. The van der Waals surface area contributed by atoms with E-state index in [9.17, 15) is 9.18 Å². The minimum absolute atomic E-state index is 0. The lowest BCUT2D eigenvalue weighted by atomic mass is 9.87. The van der Waals surface area contributed by atoms with Gasteiger partial charge < -0.3 is 9.47 Å². The quantitative estimate of drug-likeness (QED) is 0.489. The maximum Gasteiger partial charge on any atom is 0.308 e. The number of likely N-dealkylation sites (tertiary alicyclic amines) is 2. The number of hydrogen-bond acceptors (Lipinski definition) is 5. The predicted molar refractivity (Wildman–Crippen MR) is 103 cm³/mol. The summed E-state index contributed by atoms with van der Waals surface area (Å²) in [5.41, 5.74) is 0. The fourth-order valence-electron chi connectivity index (χ4n) is 4.20. The normalized spacial score (nSPS) is 31.1. The lowest BCUT2D eigenvalue weighted by Crippen LogP contribution is -2.51. The van der Waals surface area contributed by atoms with Crippen molar-refractivity contribution in [2.75, 3.05) is 26.2 Å². The molecule has 2 aliphatic heterocycles. The first-order chi connectivity index (χ1) is 11.7. The van der Waals surface area contributed by atoms with Crippen molar-refractivity contribution in [1.29, 1.82) is 0 Å². The van der Waals surface area contributed by atoms with Gasteiger partial charge in [-0.25, -0.2) is 9.29 Å². The average molecular weight is 415 g/mol. The molecule has 2 unspecified atom stereocenters. The van der Waals surface area contributed by atoms with Crippen molar-refractivity contribution < 1.29 is 18.7 Å². The van der Waals surface area contributed by atoms with Gasteiger partial charge in [0.15, 0.2) is 12.6 Å². The van der Waals surface area contributed by atoms with Crippen molar-refractivity contribution in [2.24, 2.45) is 5.92 Å². The molecule has 0 N–H and O–H groups in total. The average Bonchev–Trinajstić information content (AvgIpc) is 3.25. The highest BCUT2D eigenvalue weighted by Crippen LogP contribution is 2.32. The van der Waals surface area contributed by atoms with Gasteiger partial charge in [-0.2, -0.15) is 0 Å². The molecule has 3 rings (SSSR count). The van der Waals surface area contributed by atoms with Crippen molar-refractivity contribution in [1.82, 2.24) is 9.80 Å². The van der Waals surface area contributed by atoms with Crippen LogP contribution in [0.15, 0.2) is 0 Å². The SMILES string of the molecule is CCOC(=O)[C@H]1CC[C@H](OC(N2CCCC2)N2CCCC2F)CC1.Cl.Cl. The summed E-state index contributed by atoms with van der Waals surface area (Å²) in [5.74, 6) is -0.0637. The summed E-state index contributed by atoms with van der Waals surface area (Å²) in [6.45, 7) is 5.05. The van der Waals surface area contributed by atoms with Crippen molar-refractivity contribution in [3.05, 3.63) is 0 Å². The predicted octanol–water partition coefficient (Wildman–Crippen LogP) is 3.74. The molecule has 0 amide bonds. The van der Waals surface area contributed by atoms with Crippen LogP contribution in [0.4, 0.5) is 4.39 Å². The number of halogens is 3. The summed E-state index contributed by atoms with van der Waals surface area (Å²) >= 11 is 0. The molecule has 0 bridgehead atoms. The van der Waals surface area contributed by atoms with Gasteiger partial charge in [-0.15, -0.1) is 24.8 Å². The third kappa shape index (κ3) is 5.93. The van der Waals surface area contributed by atoms with Crippen LogP contribution < -0.4 is 0 Å². The molecule has 26 heavy (non-hydrogen) atoms. The highest BCUT2D eigenvalue weighted by Gasteiger charge is 2.38. The topological polar surface area (TPSA) is 42.0 Å². The largest absolute Gasteiger partial charge is 0.466 e. The van der Waals surface area contributed by atoms with E-state index in [0.717, 1.165) is 51.7 Å². The Labute approximate surface area is 168 Å². The van der Waals surface area contributed by atoms with E-state index in [1.807, 2.05) is 11.8 Å². The molecule has 8 heteroatoms. The molecule has 3 aliphatic rings. The zero-order valence-electron chi connectivity index (χ0n) is 15.6. The number of nitrogens with zero attached hydrogens (tertiary/aromatic N) is 2. The third-order valence-electron chi connectivity index (χ3n) is 5.56. The zero-order chi connectivity index (χ0) is 16.9. The lowest BCUT2D eigenvalue weighted by molar-refractivity contribution is -0.199. The van der Waals surface area contributed by atoms with E-state index in [2.05, 4.69) is 4.90 Å². The van der Waals surface area contributed by atoms with Crippen molar-refractivity contribution in [2.45, 2.75) is 77.0 Å². The number of alkyl halides is 1. The van der Waals surface area contributed by atoms with Crippen LogP contribution in [-0.2, 0) is 14.3 Å². The van der Waals surface area contributed by atoms with Crippen LogP contribution in [0.1, 0.15) is 58.3 Å². The van der Waals surface area contributed by atoms with Crippen LogP contribution in [0, 0.1) is 5.92 Å². The highest BCUT2D eigenvalue weighted by atomic mass is 35.5. The first-order valence-corrected chi connectivity index (χ1v) is 9.65. The van der Waals surface area contributed by atoms with Crippen LogP contribution >= 0.6 is 24.8 Å². The molecule has 0 aromatic carbocycles. The summed E-state index contributed by atoms with van der Waals surface area (Å²) in [5, 5.41) is 0. The molecule has 2 saturated heterocycles. The fraction of sp³-hybridized carbons (Fsp3) is 0.944. The monoisotopic (exact) mass is 414 g/mol. The molecule has 0 radical (unpaired) electrons. The fourth-order valence-corrected chi connectivity index (χ4v) is 4.20. The van der Waals surface area contributed by atoms with E-state index in [-0.39, 0.29) is 49.2 Å². The van der Waals surface area contributed by atoms with E-state index < -0.39 is 6.30 Å². The molecule has 0 aromatic heterocycles. The van der Waals surface area contributed by atoms with E-state index >= 15 is 0 Å². The Bertz CT molecular complexity index is 419. The summed E-state index contributed by atoms with van der Waals surface area (Å²) in [6.07, 6.45) is 6.21.